The van der Waals surface area contributed by atoms with Gasteiger partial charge in [0.15, 0.2) is 0 Å². The zero-order valence-electron chi connectivity index (χ0n) is 18.9. The topological polar surface area (TPSA) is 96.9 Å². The summed E-state index contributed by atoms with van der Waals surface area (Å²) in [6, 6.07) is 13.3. The molecule has 0 saturated heterocycles. The van der Waals surface area contributed by atoms with Gasteiger partial charge in [0.25, 0.3) is 10.0 Å². The molecule has 170 valence electrons. The molecule has 3 rings (SSSR count). The van der Waals surface area contributed by atoms with Crippen molar-refractivity contribution < 1.29 is 17.9 Å². The van der Waals surface area contributed by atoms with E-state index in [9.17, 15) is 13.2 Å². The summed E-state index contributed by atoms with van der Waals surface area (Å²) >= 11 is 0. The summed E-state index contributed by atoms with van der Waals surface area (Å²) in [6.07, 6.45) is 0.678. The van der Waals surface area contributed by atoms with Gasteiger partial charge in [0.2, 0.25) is 5.91 Å². The number of rotatable bonds is 8. The Balaban J connectivity index is 1.61. The molecule has 0 fully saturated rings. The molecule has 0 atom stereocenters. The predicted octanol–water partition coefficient (Wildman–Crippen LogP) is 3.12. The van der Waals surface area contributed by atoms with Gasteiger partial charge in [-0.2, -0.15) is 0 Å². The molecule has 0 unspecified atom stereocenters. The van der Waals surface area contributed by atoms with Crippen LogP contribution in [-0.2, 0) is 21.2 Å². The largest absolute Gasteiger partial charge is 0.494 e. The lowest BCUT2D eigenvalue weighted by molar-refractivity contribution is -0.119. The molecule has 1 aliphatic rings. The zero-order valence-corrected chi connectivity index (χ0v) is 19.7. The average molecular weight is 456 g/mol. The second-order valence-electron chi connectivity index (χ2n) is 7.70. The minimum absolute atomic E-state index is 0.154. The lowest BCUT2D eigenvalue weighted by atomic mass is 10.0. The lowest BCUT2D eigenvalue weighted by Crippen LogP contribution is -2.30. The quantitative estimate of drug-likeness (QED) is 0.639. The Hall–Kier alpha value is -3.13. The third-order valence-electron chi connectivity index (χ3n) is 5.32. The Morgan fingerprint density at radius 3 is 2.44 bits per heavy atom. The Kier molecular flexibility index (Phi) is 7.35. The molecule has 1 amide bonds. The number of ether oxygens (including phenoxy) is 1. The summed E-state index contributed by atoms with van der Waals surface area (Å²) in [4.78, 5) is 16.6. The van der Waals surface area contributed by atoms with Crippen molar-refractivity contribution in [2.75, 3.05) is 19.7 Å². The number of amides is 1. The van der Waals surface area contributed by atoms with E-state index in [1.165, 1.54) is 0 Å². The van der Waals surface area contributed by atoms with E-state index in [1.807, 2.05) is 57.2 Å². The Morgan fingerprint density at radius 2 is 1.78 bits per heavy atom. The van der Waals surface area contributed by atoms with E-state index in [0.29, 0.717) is 30.7 Å². The highest BCUT2D eigenvalue weighted by molar-refractivity contribution is 8.00. The standard InChI is InChI=1S/C24H29N3O4S/c1-5-31-21-10-7-19(8-11-21)12-13-25-22(28)15-26-24-18(4)23(32(29,30)27-24)20-9-6-16(2)17(3)14-20/h6-11,14H,5,12-13,15H2,1-4H3,(H,25,28)(H,26,27). The Bertz CT molecular complexity index is 1170. The second kappa shape index (κ2) is 9.99. The van der Waals surface area contributed by atoms with Crippen LogP contribution < -0.4 is 14.8 Å². The van der Waals surface area contributed by atoms with E-state index in [2.05, 4.69) is 15.0 Å². The van der Waals surface area contributed by atoms with Crippen molar-refractivity contribution in [1.82, 2.24) is 10.0 Å². The van der Waals surface area contributed by atoms with Gasteiger partial charge in [-0.25, -0.2) is 8.42 Å². The summed E-state index contributed by atoms with van der Waals surface area (Å²) in [5, 5.41) is 2.82. The van der Waals surface area contributed by atoms with Gasteiger partial charge in [0, 0.05) is 12.1 Å². The number of aryl methyl sites for hydroxylation is 2. The molecule has 8 heteroatoms. The second-order valence-corrected chi connectivity index (χ2v) is 9.32. The van der Waals surface area contributed by atoms with Crippen LogP contribution in [0.2, 0.25) is 0 Å². The van der Waals surface area contributed by atoms with Gasteiger partial charge in [0.05, 0.1) is 6.61 Å². The monoisotopic (exact) mass is 455 g/mol. The highest BCUT2D eigenvalue weighted by atomic mass is 32.2. The van der Waals surface area contributed by atoms with E-state index in [0.717, 1.165) is 22.4 Å². The summed E-state index contributed by atoms with van der Waals surface area (Å²) in [5.74, 6) is 0.758. The van der Waals surface area contributed by atoms with Crippen LogP contribution in [-0.4, -0.2) is 39.9 Å². The van der Waals surface area contributed by atoms with Crippen LogP contribution >= 0.6 is 0 Å². The van der Waals surface area contributed by atoms with Crippen molar-refractivity contribution in [2.24, 2.45) is 4.99 Å². The number of carbonyl (C=O) groups excluding carboxylic acids is 1. The number of nitrogens with zero attached hydrogens (tertiary/aromatic N) is 1. The number of sulfonamides is 1. The molecule has 32 heavy (non-hydrogen) atoms. The predicted molar refractivity (Wildman–Crippen MR) is 127 cm³/mol. The number of hydrogen-bond acceptors (Lipinski definition) is 5. The minimum atomic E-state index is -3.72. The molecule has 2 N–H and O–H groups in total. The molecule has 0 bridgehead atoms. The highest BCUT2D eigenvalue weighted by Gasteiger charge is 2.32. The van der Waals surface area contributed by atoms with Crippen LogP contribution in [0, 0.1) is 13.8 Å². The molecule has 1 aliphatic heterocycles. The molecular formula is C24H29N3O4S. The highest BCUT2D eigenvalue weighted by Crippen LogP contribution is 2.30. The average Bonchev–Trinajstić information content (AvgIpc) is 2.98. The van der Waals surface area contributed by atoms with Gasteiger partial charge >= 0.3 is 0 Å². The molecule has 2 aromatic carbocycles. The van der Waals surface area contributed by atoms with Crippen LogP contribution in [0.15, 0.2) is 53.0 Å². The van der Waals surface area contributed by atoms with Gasteiger partial charge in [-0.15, -0.1) is 0 Å². The van der Waals surface area contributed by atoms with Gasteiger partial charge < -0.3 is 10.1 Å². The SMILES string of the molecule is CCOc1ccc(CCNC(=O)CN=C2NS(=O)(=O)C(c3ccc(C)c(C)c3)=C2C)cc1. The first-order valence-corrected chi connectivity index (χ1v) is 12.0. The van der Waals surface area contributed by atoms with Crippen LogP contribution in [0.5, 0.6) is 5.75 Å². The summed E-state index contributed by atoms with van der Waals surface area (Å²) < 4.78 is 33.2. The van der Waals surface area contributed by atoms with Crippen LogP contribution in [0.25, 0.3) is 4.91 Å². The van der Waals surface area contributed by atoms with Gasteiger partial charge in [-0.05, 0) is 68.5 Å². The minimum Gasteiger partial charge on any atom is -0.494 e. The maximum absolute atomic E-state index is 12.7. The normalized spacial score (nSPS) is 16.2. The molecule has 0 saturated carbocycles. The molecule has 0 spiro atoms. The molecule has 2 aromatic rings. The summed E-state index contributed by atoms with van der Waals surface area (Å²) in [5.41, 5.74) is 4.31. The number of hydrogen-bond donors (Lipinski definition) is 2. The fraction of sp³-hybridized carbons (Fsp3) is 0.333. The van der Waals surface area contributed by atoms with Gasteiger partial charge in [-0.3, -0.25) is 14.5 Å². The first-order chi connectivity index (χ1) is 15.2. The molecule has 0 aromatic heterocycles. The third-order valence-corrected chi connectivity index (χ3v) is 6.86. The van der Waals surface area contributed by atoms with Crippen molar-refractivity contribution >= 4 is 26.7 Å². The first-order valence-electron chi connectivity index (χ1n) is 10.6. The van der Waals surface area contributed by atoms with E-state index in [-0.39, 0.29) is 23.2 Å². The summed E-state index contributed by atoms with van der Waals surface area (Å²) in [7, 11) is -3.72. The smallest absolute Gasteiger partial charge is 0.264 e. The van der Waals surface area contributed by atoms with Crippen LogP contribution in [0.3, 0.4) is 0 Å². The molecule has 0 radical (unpaired) electrons. The molecule has 1 heterocycles. The van der Waals surface area contributed by atoms with Crippen molar-refractivity contribution in [3.63, 3.8) is 0 Å². The number of amidine groups is 1. The first kappa shape index (κ1) is 23.5. The van der Waals surface area contributed by atoms with Crippen LogP contribution in [0.1, 0.15) is 36.1 Å². The molecule has 0 aliphatic carbocycles. The number of nitrogens with one attached hydrogen (secondary N) is 2. The molecular weight excluding hydrogens is 426 g/mol. The van der Waals surface area contributed by atoms with Crippen molar-refractivity contribution in [3.8, 4) is 5.75 Å². The van der Waals surface area contributed by atoms with Crippen molar-refractivity contribution in [3.05, 3.63) is 70.3 Å². The van der Waals surface area contributed by atoms with E-state index in [4.69, 9.17) is 4.74 Å². The van der Waals surface area contributed by atoms with E-state index < -0.39 is 10.0 Å². The third kappa shape index (κ3) is 5.56. The van der Waals surface area contributed by atoms with E-state index >= 15 is 0 Å². The maximum Gasteiger partial charge on any atom is 0.264 e. The Labute approximate surface area is 189 Å². The number of aliphatic imine (C=N–C) groups is 1. The number of carbonyl (C=O) groups is 1. The fourth-order valence-electron chi connectivity index (χ4n) is 3.44. The van der Waals surface area contributed by atoms with Gasteiger partial charge in [-0.1, -0.05) is 30.3 Å². The zero-order chi connectivity index (χ0) is 23.3. The maximum atomic E-state index is 12.7. The van der Waals surface area contributed by atoms with E-state index in [1.54, 1.807) is 13.0 Å². The summed E-state index contributed by atoms with van der Waals surface area (Å²) in [6.45, 7) is 8.48. The van der Waals surface area contributed by atoms with Crippen LogP contribution in [0.4, 0.5) is 0 Å². The fourth-order valence-corrected chi connectivity index (χ4v) is 4.95. The lowest BCUT2D eigenvalue weighted by Gasteiger charge is -2.06. The number of benzene rings is 2. The Morgan fingerprint density at radius 1 is 1.06 bits per heavy atom. The molecule has 7 nitrogen and oxygen atoms in total. The van der Waals surface area contributed by atoms with Crippen molar-refractivity contribution in [1.29, 1.82) is 0 Å². The van der Waals surface area contributed by atoms with Gasteiger partial charge in [0.1, 0.15) is 23.0 Å². The van der Waals surface area contributed by atoms with Crippen molar-refractivity contribution in [2.45, 2.75) is 34.1 Å².